The molecule has 234 valence electrons. The average molecular weight is 617 g/mol. The third-order valence-electron chi connectivity index (χ3n) is 6.64. The second kappa shape index (κ2) is 12.7. The molecule has 18 heteroatoms. The van der Waals surface area contributed by atoms with Crippen molar-refractivity contribution in [3.05, 3.63) is 74.8 Å². The first kappa shape index (κ1) is 31.9. The number of ether oxygens (including phenoxy) is 4. The summed E-state index contributed by atoms with van der Waals surface area (Å²) in [6.07, 6.45) is -15.9. The minimum atomic E-state index is -4.55. The summed E-state index contributed by atoms with van der Waals surface area (Å²) in [7, 11) is 1.15. The second-order valence-electron chi connectivity index (χ2n) is 9.51. The molecule has 1 amide bonds. The van der Waals surface area contributed by atoms with E-state index in [1.807, 2.05) is 4.98 Å². The largest absolute Gasteiger partial charge is 0.458 e. The van der Waals surface area contributed by atoms with E-state index in [9.17, 15) is 47.7 Å². The highest BCUT2D eigenvalue weighted by Crippen LogP contribution is 2.34. The van der Waals surface area contributed by atoms with Crippen LogP contribution in [0.15, 0.2) is 58.0 Å². The molecule has 0 bridgehead atoms. The van der Waals surface area contributed by atoms with Crippen molar-refractivity contribution in [3.63, 3.8) is 0 Å². The monoisotopic (exact) mass is 616 g/mol. The molecule has 0 aliphatic carbocycles. The number of carbonyl (C=O) groups is 2. The summed E-state index contributed by atoms with van der Waals surface area (Å²) in [5.74, 6) is -2.53. The first-order valence-electron chi connectivity index (χ1n) is 12.5. The number of benzene rings is 1. The second-order valence-corrected chi connectivity index (χ2v) is 9.51. The zero-order valence-corrected chi connectivity index (χ0v) is 22.1. The van der Waals surface area contributed by atoms with Crippen LogP contribution >= 0.6 is 0 Å². The maximum Gasteiger partial charge on any atom is 0.416 e. The molecule has 15 nitrogen and oxygen atoms in total. The van der Waals surface area contributed by atoms with E-state index >= 15 is 0 Å². The van der Waals surface area contributed by atoms with Crippen LogP contribution in [0.5, 0.6) is 0 Å². The lowest BCUT2D eigenvalue weighted by atomic mass is 10.0. The van der Waals surface area contributed by atoms with Crippen LogP contribution in [0.1, 0.15) is 11.8 Å². The van der Waals surface area contributed by atoms with Crippen LogP contribution < -0.4 is 22.3 Å². The third-order valence-corrected chi connectivity index (χ3v) is 6.64. The van der Waals surface area contributed by atoms with Gasteiger partial charge in [0.1, 0.15) is 30.5 Å². The summed E-state index contributed by atoms with van der Waals surface area (Å²) in [4.78, 5) is 50.9. The number of halogens is 3. The Kier molecular flexibility index (Phi) is 9.38. The molecule has 0 radical (unpaired) electrons. The Morgan fingerprint density at radius 2 is 1.81 bits per heavy atom. The molecule has 2 aliphatic heterocycles. The Morgan fingerprint density at radius 1 is 1.14 bits per heavy atom. The topological polar surface area (TPSA) is 225 Å². The highest BCUT2D eigenvalue weighted by atomic mass is 19.4. The minimum Gasteiger partial charge on any atom is -0.458 e. The van der Waals surface area contributed by atoms with Gasteiger partial charge in [-0.15, -0.1) is 0 Å². The highest BCUT2D eigenvalue weighted by Gasteiger charge is 2.52. The van der Waals surface area contributed by atoms with Gasteiger partial charge in [-0.25, -0.2) is 4.79 Å². The average Bonchev–Trinajstić information content (AvgIpc) is 3.27. The number of amides is 1. The van der Waals surface area contributed by atoms with Crippen LogP contribution in [0.25, 0.3) is 0 Å². The van der Waals surface area contributed by atoms with E-state index in [4.69, 9.17) is 24.7 Å². The first-order chi connectivity index (χ1) is 20.2. The zero-order valence-electron chi connectivity index (χ0n) is 22.1. The highest BCUT2D eigenvalue weighted by molar-refractivity contribution is 5.96. The zero-order chi connectivity index (χ0) is 31.6. The molecule has 4 rings (SSSR count). The molecule has 8 atom stereocenters. The third kappa shape index (κ3) is 6.95. The number of ketones is 1. The summed E-state index contributed by atoms with van der Waals surface area (Å²) in [5, 5.41) is 34.2. The van der Waals surface area contributed by atoms with Crippen molar-refractivity contribution in [3.8, 4) is 0 Å². The lowest BCUT2D eigenvalue weighted by Gasteiger charge is -2.35. The van der Waals surface area contributed by atoms with Gasteiger partial charge in [0.15, 0.2) is 18.1 Å². The number of hydrogen-bond acceptors (Lipinski definition) is 12. The number of aliphatic hydroxyl groups is 3. The molecule has 2 aliphatic rings. The Balaban J connectivity index is 1.48. The molecule has 1 fully saturated rings. The minimum absolute atomic E-state index is 0.165. The van der Waals surface area contributed by atoms with E-state index in [1.54, 1.807) is 0 Å². The fraction of sp³-hybridized carbons (Fsp3) is 0.440. The van der Waals surface area contributed by atoms with Crippen molar-refractivity contribution in [1.82, 2.24) is 9.55 Å². The van der Waals surface area contributed by atoms with Crippen molar-refractivity contribution in [2.45, 2.75) is 55.3 Å². The van der Waals surface area contributed by atoms with Crippen molar-refractivity contribution < 1.29 is 57.0 Å². The summed E-state index contributed by atoms with van der Waals surface area (Å²) >= 11 is 0. The summed E-state index contributed by atoms with van der Waals surface area (Å²) in [6.45, 7) is -0.509. The van der Waals surface area contributed by atoms with Crippen LogP contribution in [0, 0.1) is 0 Å². The lowest BCUT2D eigenvalue weighted by Crippen LogP contribution is -2.53. The van der Waals surface area contributed by atoms with Crippen LogP contribution in [-0.4, -0.2) is 93.1 Å². The van der Waals surface area contributed by atoms with E-state index in [2.05, 4.69) is 5.32 Å². The quantitative estimate of drug-likeness (QED) is 0.177. The number of carbonyl (C=O) groups excluding carboxylic acids is 2. The van der Waals surface area contributed by atoms with Gasteiger partial charge in [0.2, 0.25) is 18.0 Å². The molecule has 0 spiro atoms. The van der Waals surface area contributed by atoms with Crippen LogP contribution in [0.4, 0.5) is 18.9 Å². The number of Topliss-reactive ketones (excluding diaryl/α,β-unsaturated/α-hetero) is 1. The van der Waals surface area contributed by atoms with Gasteiger partial charge < -0.3 is 45.3 Å². The van der Waals surface area contributed by atoms with E-state index in [-0.39, 0.29) is 5.69 Å². The van der Waals surface area contributed by atoms with Crippen LogP contribution in [0.3, 0.4) is 0 Å². The van der Waals surface area contributed by atoms with Gasteiger partial charge in [0.25, 0.3) is 5.56 Å². The molecule has 0 saturated carbocycles. The SMILES string of the molecule is CO[C@H]1[C@@H](O)[C@H](n2ccc(=O)[nH]c2=O)O[C@@H]1[C@@H](O[C@H]1OC(C(=O)CNc2ccc(C(F)(F)F)cc2)=C[C@H](O)[C@@H]1O)C(N)=O. The van der Waals surface area contributed by atoms with Gasteiger partial charge in [-0.1, -0.05) is 0 Å². The fourth-order valence-electron chi connectivity index (χ4n) is 4.46. The van der Waals surface area contributed by atoms with Gasteiger partial charge in [-0.3, -0.25) is 23.9 Å². The number of H-pyrrole nitrogens is 1. The number of anilines is 1. The number of hydrogen-bond donors (Lipinski definition) is 6. The Labute approximate surface area is 239 Å². The van der Waals surface area contributed by atoms with Crippen molar-refractivity contribution in [2.75, 3.05) is 19.0 Å². The molecule has 2 aromatic rings. The molecule has 0 unspecified atom stereocenters. The number of aliphatic hydroxyl groups excluding tert-OH is 3. The van der Waals surface area contributed by atoms with Gasteiger partial charge in [-0.05, 0) is 30.3 Å². The summed E-state index contributed by atoms with van der Waals surface area (Å²) in [6, 6.07) is 4.81. The Bertz CT molecular complexity index is 1480. The summed E-state index contributed by atoms with van der Waals surface area (Å²) in [5.41, 5.74) is 3.10. The number of aromatic nitrogens is 2. The number of primary amides is 1. The number of rotatable bonds is 10. The molecule has 43 heavy (non-hydrogen) atoms. The molecule has 1 saturated heterocycles. The number of nitrogens with one attached hydrogen (secondary N) is 2. The van der Waals surface area contributed by atoms with Gasteiger partial charge in [-0.2, -0.15) is 13.2 Å². The van der Waals surface area contributed by atoms with Crippen molar-refractivity contribution in [2.24, 2.45) is 5.73 Å². The number of nitrogens with zero attached hydrogens (tertiary/aromatic N) is 1. The van der Waals surface area contributed by atoms with Crippen LogP contribution in [0.2, 0.25) is 0 Å². The molecular formula is C25H27F3N4O11. The van der Waals surface area contributed by atoms with E-state index in [0.717, 1.165) is 54.3 Å². The number of aromatic amines is 1. The maximum atomic E-state index is 12.8. The fourth-order valence-corrected chi connectivity index (χ4v) is 4.46. The Hall–Kier alpha value is -4.07. The molecule has 7 N–H and O–H groups in total. The van der Waals surface area contributed by atoms with Gasteiger partial charge in [0.05, 0.1) is 12.1 Å². The van der Waals surface area contributed by atoms with E-state index in [1.165, 1.54) is 0 Å². The normalized spacial score (nSPS) is 28.1. The first-order valence-corrected chi connectivity index (χ1v) is 12.5. The number of nitrogens with two attached hydrogens (primary N) is 1. The number of alkyl halides is 3. The van der Waals surface area contributed by atoms with E-state index in [0.29, 0.717) is 0 Å². The standard InChI is InChI=1S/C25H27F3N4O11/c1-40-18-17(37)22(32-7-6-15(35)31-24(32)39)42-19(18)20(21(29)38)43-23-16(36)12(33)8-14(41-23)13(34)9-30-11-4-2-10(3-5-11)25(26,27)28/h2-8,12,16-20,22-23,30,33,36-37H,9H2,1H3,(H2,29,38)(H,31,35,39)/t12-,16-,17+,18-,19-,20+,22+,23+/m0/s1. The molecule has 3 heterocycles. The molecular weight excluding hydrogens is 589 g/mol. The lowest BCUT2D eigenvalue weighted by molar-refractivity contribution is -0.241. The molecule has 1 aromatic heterocycles. The van der Waals surface area contributed by atoms with Crippen molar-refractivity contribution in [1.29, 1.82) is 0 Å². The van der Waals surface area contributed by atoms with Gasteiger partial charge in [0, 0.05) is 25.1 Å². The smallest absolute Gasteiger partial charge is 0.416 e. The van der Waals surface area contributed by atoms with Crippen LogP contribution in [-0.2, 0) is 34.7 Å². The number of methoxy groups -OCH3 is 1. The summed E-state index contributed by atoms with van der Waals surface area (Å²) < 4.78 is 61.0. The van der Waals surface area contributed by atoms with E-state index < -0.39 is 96.1 Å². The molecule has 1 aromatic carbocycles. The Morgan fingerprint density at radius 3 is 2.40 bits per heavy atom. The van der Waals surface area contributed by atoms with Crippen molar-refractivity contribution >= 4 is 17.4 Å². The predicted octanol–water partition coefficient (Wildman–Crippen LogP) is -1.66. The maximum absolute atomic E-state index is 12.8. The van der Waals surface area contributed by atoms with Gasteiger partial charge >= 0.3 is 11.9 Å². The predicted molar refractivity (Wildman–Crippen MR) is 136 cm³/mol.